The van der Waals surface area contributed by atoms with E-state index in [-0.39, 0.29) is 6.04 Å². The van der Waals surface area contributed by atoms with Gasteiger partial charge in [-0.15, -0.1) is 0 Å². The number of carbonyl (C=O) groups is 1. The van der Waals surface area contributed by atoms with E-state index in [2.05, 4.69) is 42.8 Å². The Morgan fingerprint density at radius 2 is 1.83 bits per heavy atom. The third kappa shape index (κ3) is 7.13. The summed E-state index contributed by atoms with van der Waals surface area (Å²) in [7, 11) is 0. The first-order valence-corrected chi connectivity index (χ1v) is 10.4. The van der Waals surface area contributed by atoms with Gasteiger partial charge in [0.1, 0.15) is 12.4 Å². The van der Waals surface area contributed by atoms with Crippen molar-refractivity contribution in [3.8, 4) is 17.6 Å². The van der Waals surface area contributed by atoms with E-state index in [9.17, 15) is 4.79 Å². The van der Waals surface area contributed by atoms with Gasteiger partial charge in [0.05, 0.1) is 10.0 Å². The summed E-state index contributed by atoms with van der Waals surface area (Å²) in [4.78, 5) is 14.4. The molecule has 0 aliphatic carbocycles. The molecule has 154 valence electrons. The number of nitrogens with one attached hydrogen (secondary N) is 1. The van der Waals surface area contributed by atoms with Crippen molar-refractivity contribution in [1.29, 1.82) is 0 Å². The van der Waals surface area contributed by atoms with Crippen molar-refractivity contribution in [2.24, 2.45) is 0 Å². The predicted octanol–water partition coefficient (Wildman–Crippen LogP) is 5.75. The minimum atomic E-state index is -0.476. The second kappa shape index (κ2) is 11.3. The number of nitrogens with zero attached hydrogens (tertiary/aromatic N) is 1. The van der Waals surface area contributed by atoms with Crippen LogP contribution in [0.1, 0.15) is 26.3 Å². The van der Waals surface area contributed by atoms with E-state index >= 15 is 0 Å². The maximum Gasteiger partial charge on any atom is 0.300 e. The first kappa shape index (κ1) is 23.4. The zero-order valence-electron chi connectivity index (χ0n) is 16.6. The number of hydrogen-bond donors (Lipinski definition) is 1. The molecule has 0 radical (unpaired) electrons. The van der Waals surface area contributed by atoms with Gasteiger partial charge in [0.2, 0.25) is 0 Å². The largest absolute Gasteiger partial charge is 0.490 e. The summed E-state index contributed by atoms with van der Waals surface area (Å²) in [6.07, 6.45) is 0. The molecule has 0 bridgehead atoms. The SMILES string of the molecule is CCN(CC)C(C)COc1ccc(NC(=O)C#Cc2ccc(Cl)cc2Cl)cc1Cl. The number of ether oxygens (including phenoxy) is 1. The summed E-state index contributed by atoms with van der Waals surface area (Å²) in [5, 5.41) is 4.00. The average Bonchev–Trinajstić information content (AvgIpc) is 2.67. The Bertz CT molecular complexity index is 918. The van der Waals surface area contributed by atoms with Crippen LogP contribution in [0.3, 0.4) is 0 Å². The molecule has 0 spiro atoms. The van der Waals surface area contributed by atoms with E-state index in [0.717, 1.165) is 13.1 Å². The van der Waals surface area contributed by atoms with Gasteiger partial charge >= 0.3 is 5.91 Å². The lowest BCUT2D eigenvalue weighted by molar-refractivity contribution is -0.111. The van der Waals surface area contributed by atoms with Crippen molar-refractivity contribution >= 4 is 46.4 Å². The Morgan fingerprint density at radius 1 is 1.10 bits per heavy atom. The summed E-state index contributed by atoms with van der Waals surface area (Å²) in [6.45, 7) is 8.80. The Hall–Kier alpha value is -1.90. The number of carbonyl (C=O) groups excluding carboxylic acids is 1. The van der Waals surface area contributed by atoms with Crippen LogP contribution in [0.15, 0.2) is 36.4 Å². The molecule has 1 unspecified atom stereocenters. The van der Waals surface area contributed by atoms with Crippen LogP contribution in [0.4, 0.5) is 5.69 Å². The van der Waals surface area contributed by atoms with Gasteiger partial charge in [0, 0.05) is 28.2 Å². The molecule has 1 N–H and O–H groups in total. The van der Waals surface area contributed by atoms with Crippen molar-refractivity contribution in [2.45, 2.75) is 26.8 Å². The van der Waals surface area contributed by atoms with Gasteiger partial charge < -0.3 is 10.1 Å². The molecular formula is C22H23Cl3N2O2. The molecule has 0 aliphatic rings. The fourth-order valence-electron chi connectivity index (χ4n) is 2.74. The summed E-state index contributed by atoms with van der Waals surface area (Å²) in [5.41, 5.74) is 1.05. The Morgan fingerprint density at radius 3 is 2.45 bits per heavy atom. The van der Waals surface area contributed by atoms with Crippen LogP contribution < -0.4 is 10.1 Å². The molecule has 0 aromatic heterocycles. The van der Waals surface area contributed by atoms with Gasteiger partial charge in [0.25, 0.3) is 0 Å². The molecule has 2 aromatic rings. The topological polar surface area (TPSA) is 41.6 Å². The summed E-state index contributed by atoms with van der Waals surface area (Å²) < 4.78 is 5.83. The van der Waals surface area contributed by atoms with Crippen molar-refractivity contribution in [1.82, 2.24) is 4.90 Å². The minimum absolute atomic E-state index is 0.274. The zero-order valence-corrected chi connectivity index (χ0v) is 18.8. The molecule has 1 atom stereocenters. The Kier molecular flexibility index (Phi) is 9.13. The normalized spacial score (nSPS) is 11.6. The van der Waals surface area contributed by atoms with Gasteiger partial charge in [-0.1, -0.05) is 54.6 Å². The van der Waals surface area contributed by atoms with Crippen molar-refractivity contribution in [2.75, 3.05) is 25.0 Å². The van der Waals surface area contributed by atoms with Gasteiger partial charge in [-0.2, -0.15) is 0 Å². The molecule has 0 fully saturated rings. The highest BCUT2D eigenvalue weighted by molar-refractivity contribution is 6.35. The Labute approximate surface area is 187 Å². The quantitative estimate of drug-likeness (QED) is 0.543. The fraction of sp³-hybridized carbons (Fsp3) is 0.318. The van der Waals surface area contributed by atoms with Gasteiger partial charge in [0.15, 0.2) is 0 Å². The maximum atomic E-state index is 12.1. The van der Waals surface area contributed by atoms with Gasteiger partial charge in [-0.25, -0.2) is 0 Å². The molecule has 2 aromatic carbocycles. The second-order valence-electron chi connectivity index (χ2n) is 6.35. The lowest BCUT2D eigenvalue weighted by Crippen LogP contribution is -2.36. The van der Waals surface area contributed by atoms with E-state index in [1.54, 1.807) is 36.4 Å². The number of benzene rings is 2. The highest BCUT2D eigenvalue weighted by Gasteiger charge is 2.12. The van der Waals surface area contributed by atoms with Crippen LogP contribution in [-0.2, 0) is 4.79 Å². The van der Waals surface area contributed by atoms with E-state index < -0.39 is 5.91 Å². The fourth-order valence-corrected chi connectivity index (χ4v) is 3.43. The first-order chi connectivity index (χ1) is 13.8. The van der Waals surface area contributed by atoms with Crippen LogP contribution in [-0.4, -0.2) is 36.5 Å². The van der Waals surface area contributed by atoms with Gasteiger partial charge in [-0.3, -0.25) is 9.69 Å². The molecule has 29 heavy (non-hydrogen) atoms. The molecule has 7 heteroatoms. The monoisotopic (exact) mass is 452 g/mol. The molecule has 0 saturated heterocycles. The number of hydrogen-bond acceptors (Lipinski definition) is 3. The highest BCUT2D eigenvalue weighted by Crippen LogP contribution is 2.28. The average molecular weight is 454 g/mol. The van der Waals surface area contributed by atoms with Crippen molar-refractivity contribution in [3.05, 3.63) is 57.0 Å². The second-order valence-corrected chi connectivity index (χ2v) is 7.61. The minimum Gasteiger partial charge on any atom is -0.490 e. The lowest BCUT2D eigenvalue weighted by atomic mass is 10.2. The van der Waals surface area contributed by atoms with Crippen LogP contribution in [0.25, 0.3) is 0 Å². The number of amides is 1. The summed E-state index contributed by atoms with van der Waals surface area (Å²) in [5.74, 6) is 5.32. The van der Waals surface area contributed by atoms with E-state index in [4.69, 9.17) is 39.5 Å². The molecule has 0 aliphatic heterocycles. The molecule has 1 amide bonds. The molecule has 0 heterocycles. The maximum absolute atomic E-state index is 12.1. The smallest absolute Gasteiger partial charge is 0.300 e. The van der Waals surface area contributed by atoms with Crippen LogP contribution in [0.2, 0.25) is 15.1 Å². The highest BCUT2D eigenvalue weighted by atomic mass is 35.5. The molecule has 4 nitrogen and oxygen atoms in total. The van der Waals surface area contributed by atoms with E-state index in [1.807, 2.05) is 0 Å². The third-order valence-electron chi connectivity index (χ3n) is 4.35. The van der Waals surface area contributed by atoms with E-state index in [0.29, 0.717) is 38.7 Å². The Balaban J connectivity index is 1.98. The number of rotatable bonds is 7. The van der Waals surface area contributed by atoms with Crippen molar-refractivity contribution in [3.63, 3.8) is 0 Å². The van der Waals surface area contributed by atoms with Crippen LogP contribution in [0, 0.1) is 11.8 Å². The van der Waals surface area contributed by atoms with Gasteiger partial charge in [-0.05, 0) is 56.4 Å². The number of anilines is 1. The van der Waals surface area contributed by atoms with Crippen molar-refractivity contribution < 1.29 is 9.53 Å². The summed E-state index contributed by atoms with van der Waals surface area (Å²) >= 11 is 18.2. The zero-order chi connectivity index (χ0) is 21.4. The first-order valence-electron chi connectivity index (χ1n) is 9.28. The number of halogens is 3. The third-order valence-corrected chi connectivity index (χ3v) is 5.19. The van der Waals surface area contributed by atoms with E-state index in [1.165, 1.54) is 0 Å². The predicted molar refractivity (Wildman–Crippen MR) is 121 cm³/mol. The van der Waals surface area contributed by atoms with Crippen LogP contribution >= 0.6 is 34.8 Å². The lowest BCUT2D eigenvalue weighted by Gasteiger charge is -2.26. The number of likely N-dealkylation sites (N-methyl/N-ethyl adjacent to an activating group) is 1. The molecule has 0 saturated carbocycles. The summed E-state index contributed by atoms with van der Waals surface area (Å²) in [6, 6.07) is 10.3. The molecule has 2 rings (SSSR count). The van der Waals surface area contributed by atoms with Crippen LogP contribution in [0.5, 0.6) is 5.75 Å². The standard InChI is InChI=1S/C22H23Cl3N2O2/c1-4-27(5-2)15(3)14-29-21-10-9-18(13-20(21)25)26-22(28)11-7-16-6-8-17(23)12-19(16)24/h6,8-10,12-13,15H,4-5,14H2,1-3H3,(H,26,28). The molecular weight excluding hydrogens is 431 g/mol.